The zero-order valence-corrected chi connectivity index (χ0v) is 9.65. The minimum atomic E-state index is 0.606. The third kappa shape index (κ3) is 2.93. The van der Waals surface area contributed by atoms with Crippen LogP contribution >= 0.6 is 11.8 Å². The van der Waals surface area contributed by atoms with Gasteiger partial charge in [0.15, 0.2) is 0 Å². The minimum absolute atomic E-state index is 0.606. The van der Waals surface area contributed by atoms with Crippen LogP contribution in [0, 0.1) is 0 Å². The van der Waals surface area contributed by atoms with Crippen molar-refractivity contribution in [1.29, 1.82) is 0 Å². The number of pyridine rings is 1. The Bertz CT molecular complexity index is 450. The van der Waals surface area contributed by atoms with E-state index in [0.29, 0.717) is 12.5 Å². The Balaban J connectivity index is 2.12. The molecule has 2 heterocycles. The SMILES string of the molecule is CCOc1cc(Sc2ccncc2)ncn1. The van der Waals surface area contributed by atoms with Crippen LogP contribution in [0.4, 0.5) is 0 Å². The molecule has 0 aliphatic carbocycles. The Morgan fingerprint density at radius 1 is 1.25 bits per heavy atom. The van der Waals surface area contributed by atoms with E-state index in [1.54, 1.807) is 24.2 Å². The zero-order chi connectivity index (χ0) is 11.2. The summed E-state index contributed by atoms with van der Waals surface area (Å²) in [5, 5.41) is 0.865. The summed E-state index contributed by atoms with van der Waals surface area (Å²) in [5.74, 6) is 0.606. The van der Waals surface area contributed by atoms with Crippen molar-refractivity contribution < 1.29 is 4.74 Å². The molecule has 0 radical (unpaired) electrons. The molecule has 0 bridgehead atoms. The van der Waals surface area contributed by atoms with Crippen molar-refractivity contribution in [2.75, 3.05) is 6.61 Å². The molecule has 0 saturated carbocycles. The van der Waals surface area contributed by atoms with E-state index in [2.05, 4.69) is 15.0 Å². The number of ether oxygens (including phenoxy) is 1. The van der Waals surface area contributed by atoms with Gasteiger partial charge in [0.25, 0.3) is 0 Å². The lowest BCUT2D eigenvalue weighted by atomic mass is 10.5. The van der Waals surface area contributed by atoms with E-state index in [0.717, 1.165) is 9.92 Å². The quantitative estimate of drug-likeness (QED) is 0.759. The highest BCUT2D eigenvalue weighted by Gasteiger charge is 2.01. The molecule has 0 aromatic carbocycles. The fraction of sp³-hybridized carbons (Fsp3) is 0.182. The van der Waals surface area contributed by atoms with Crippen LogP contribution in [0.1, 0.15) is 6.92 Å². The molecule has 0 atom stereocenters. The smallest absolute Gasteiger partial charge is 0.217 e. The monoisotopic (exact) mass is 233 g/mol. The van der Waals surface area contributed by atoms with Gasteiger partial charge in [0, 0.05) is 23.4 Å². The maximum atomic E-state index is 5.31. The van der Waals surface area contributed by atoms with Gasteiger partial charge in [0.1, 0.15) is 11.4 Å². The largest absolute Gasteiger partial charge is 0.478 e. The van der Waals surface area contributed by atoms with Crippen LogP contribution in [0.25, 0.3) is 0 Å². The lowest BCUT2D eigenvalue weighted by molar-refractivity contribution is 0.325. The van der Waals surface area contributed by atoms with Gasteiger partial charge in [-0.2, -0.15) is 0 Å². The van der Waals surface area contributed by atoms with Crippen molar-refractivity contribution >= 4 is 11.8 Å². The molecule has 0 amide bonds. The average Bonchev–Trinajstić information content (AvgIpc) is 2.31. The molecule has 4 nitrogen and oxygen atoms in total. The standard InChI is InChI=1S/C11H11N3OS/c1-2-15-10-7-11(14-8-13-10)16-9-3-5-12-6-4-9/h3-8H,2H2,1H3. The molecule has 0 fully saturated rings. The van der Waals surface area contributed by atoms with Crippen molar-refractivity contribution in [3.05, 3.63) is 36.9 Å². The Hall–Kier alpha value is -1.62. The van der Waals surface area contributed by atoms with E-state index in [1.807, 2.05) is 25.1 Å². The Kier molecular flexibility index (Phi) is 3.71. The van der Waals surface area contributed by atoms with Gasteiger partial charge in [0.05, 0.1) is 6.61 Å². The first-order valence-electron chi connectivity index (χ1n) is 4.91. The maximum absolute atomic E-state index is 5.31. The molecular formula is C11H11N3OS. The van der Waals surface area contributed by atoms with Gasteiger partial charge in [-0.3, -0.25) is 4.98 Å². The van der Waals surface area contributed by atoms with Crippen LogP contribution in [0.2, 0.25) is 0 Å². The second-order valence-electron chi connectivity index (χ2n) is 2.91. The second-order valence-corrected chi connectivity index (χ2v) is 4.01. The maximum Gasteiger partial charge on any atom is 0.217 e. The minimum Gasteiger partial charge on any atom is -0.478 e. The lowest BCUT2D eigenvalue weighted by Gasteiger charge is -2.03. The van der Waals surface area contributed by atoms with E-state index in [1.165, 1.54) is 6.33 Å². The summed E-state index contributed by atoms with van der Waals surface area (Å²) in [6.07, 6.45) is 5.02. The molecule has 0 spiro atoms. The molecule has 2 aromatic heterocycles. The first-order chi connectivity index (χ1) is 7.88. The summed E-state index contributed by atoms with van der Waals surface area (Å²) < 4.78 is 5.31. The van der Waals surface area contributed by atoms with Crippen molar-refractivity contribution in [2.45, 2.75) is 16.8 Å². The average molecular weight is 233 g/mol. The number of hydrogen-bond donors (Lipinski definition) is 0. The van der Waals surface area contributed by atoms with Crippen LogP contribution in [-0.2, 0) is 0 Å². The molecule has 82 valence electrons. The molecule has 5 heteroatoms. The third-order valence-corrected chi connectivity index (χ3v) is 2.72. The molecule has 0 N–H and O–H groups in total. The highest BCUT2D eigenvalue weighted by Crippen LogP contribution is 2.26. The molecule has 16 heavy (non-hydrogen) atoms. The van der Waals surface area contributed by atoms with Crippen LogP contribution in [0.5, 0.6) is 5.88 Å². The van der Waals surface area contributed by atoms with E-state index in [4.69, 9.17) is 4.74 Å². The van der Waals surface area contributed by atoms with Crippen molar-refractivity contribution in [2.24, 2.45) is 0 Å². The van der Waals surface area contributed by atoms with Crippen LogP contribution < -0.4 is 4.74 Å². The number of aromatic nitrogens is 3. The van der Waals surface area contributed by atoms with Gasteiger partial charge < -0.3 is 4.74 Å². The molecule has 0 aliphatic rings. The Labute approximate surface area is 98.1 Å². The van der Waals surface area contributed by atoms with Gasteiger partial charge in [-0.1, -0.05) is 11.8 Å². The van der Waals surface area contributed by atoms with Crippen LogP contribution in [0.3, 0.4) is 0 Å². The van der Waals surface area contributed by atoms with E-state index in [-0.39, 0.29) is 0 Å². The van der Waals surface area contributed by atoms with Crippen LogP contribution in [-0.4, -0.2) is 21.6 Å². The number of nitrogens with zero attached hydrogens (tertiary/aromatic N) is 3. The molecule has 2 rings (SSSR count). The van der Waals surface area contributed by atoms with Crippen molar-refractivity contribution in [1.82, 2.24) is 15.0 Å². The molecule has 0 aliphatic heterocycles. The Morgan fingerprint density at radius 2 is 2.06 bits per heavy atom. The fourth-order valence-corrected chi connectivity index (χ4v) is 1.89. The normalized spacial score (nSPS) is 10.1. The van der Waals surface area contributed by atoms with E-state index >= 15 is 0 Å². The molecular weight excluding hydrogens is 222 g/mol. The first kappa shape index (κ1) is 10.9. The summed E-state index contributed by atoms with van der Waals surface area (Å²) in [4.78, 5) is 13.2. The fourth-order valence-electron chi connectivity index (χ4n) is 1.13. The topological polar surface area (TPSA) is 47.9 Å². The van der Waals surface area contributed by atoms with Gasteiger partial charge in [-0.25, -0.2) is 9.97 Å². The summed E-state index contributed by atoms with van der Waals surface area (Å²) in [6.45, 7) is 2.54. The summed E-state index contributed by atoms with van der Waals surface area (Å²) in [7, 11) is 0. The highest BCUT2D eigenvalue weighted by atomic mass is 32.2. The number of rotatable bonds is 4. The second kappa shape index (κ2) is 5.46. The third-order valence-electron chi connectivity index (χ3n) is 1.78. The first-order valence-corrected chi connectivity index (χ1v) is 5.73. The van der Waals surface area contributed by atoms with Crippen molar-refractivity contribution in [3.63, 3.8) is 0 Å². The summed E-state index contributed by atoms with van der Waals surface area (Å²) in [6, 6.07) is 5.70. The van der Waals surface area contributed by atoms with Gasteiger partial charge in [0.2, 0.25) is 5.88 Å². The zero-order valence-electron chi connectivity index (χ0n) is 8.83. The molecule has 2 aromatic rings. The highest BCUT2D eigenvalue weighted by molar-refractivity contribution is 7.99. The van der Waals surface area contributed by atoms with Gasteiger partial charge in [-0.05, 0) is 19.1 Å². The lowest BCUT2D eigenvalue weighted by Crippen LogP contribution is -1.95. The molecule has 0 unspecified atom stereocenters. The van der Waals surface area contributed by atoms with Gasteiger partial charge >= 0.3 is 0 Å². The van der Waals surface area contributed by atoms with Gasteiger partial charge in [-0.15, -0.1) is 0 Å². The molecule has 0 saturated heterocycles. The number of hydrogen-bond acceptors (Lipinski definition) is 5. The summed E-state index contributed by atoms with van der Waals surface area (Å²) in [5.41, 5.74) is 0. The van der Waals surface area contributed by atoms with Crippen molar-refractivity contribution in [3.8, 4) is 5.88 Å². The van der Waals surface area contributed by atoms with E-state index < -0.39 is 0 Å². The van der Waals surface area contributed by atoms with E-state index in [9.17, 15) is 0 Å². The van der Waals surface area contributed by atoms with Crippen LogP contribution in [0.15, 0.2) is 46.8 Å². The summed E-state index contributed by atoms with van der Waals surface area (Å²) >= 11 is 1.56. The predicted octanol–water partition coefficient (Wildman–Crippen LogP) is 2.42. The predicted molar refractivity (Wildman–Crippen MR) is 61.6 cm³/mol. The Morgan fingerprint density at radius 3 is 2.81 bits per heavy atom.